The smallest absolute Gasteiger partial charge is 0.303 e. The van der Waals surface area contributed by atoms with Gasteiger partial charge in [-0.2, -0.15) is 0 Å². The van der Waals surface area contributed by atoms with Crippen molar-refractivity contribution in [3.63, 3.8) is 0 Å². The van der Waals surface area contributed by atoms with E-state index in [1.165, 1.54) is 102 Å². The highest BCUT2D eigenvalue weighted by molar-refractivity contribution is 5.66. The summed E-state index contributed by atoms with van der Waals surface area (Å²) in [4.78, 5) is 18.5. The number of unbranched alkanes of at least 4 members (excludes halogenated alkanes) is 15. The quantitative estimate of drug-likeness (QED) is 0.103. The molecule has 5 nitrogen and oxygen atoms in total. The molecule has 27 heavy (non-hydrogen) atoms. The number of allylic oxidation sites excluding steroid dienone is 2. The molecule has 0 heterocycles. The first-order valence-corrected chi connectivity index (χ1v) is 11.0. The second-order valence-corrected chi connectivity index (χ2v) is 7.22. The Kier molecular flexibility index (Phi) is 27.7. The molecule has 0 spiro atoms. The predicted molar refractivity (Wildman–Crippen MR) is 113 cm³/mol. The number of hydrogen-bond acceptors (Lipinski definition) is 3. The number of hydrogen-bond donors (Lipinski definition) is 2. The van der Waals surface area contributed by atoms with Crippen molar-refractivity contribution in [2.75, 3.05) is 0 Å². The maximum absolute atomic E-state index is 10.4. The van der Waals surface area contributed by atoms with Gasteiger partial charge in [0.25, 0.3) is 0 Å². The fourth-order valence-corrected chi connectivity index (χ4v) is 3.05. The summed E-state index contributed by atoms with van der Waals surface area (Å²) < 4.78 is 0. The van der Waals surface area contributed by atoms with E-state index in [1.807, 2.05) is 0 Å². The van der Waals surface area contributed by atoms with E-state index in [0.717, 1.165) is 12.8 Å². The van der Waals surface area contributed by atoms with Crippen LogP contribution in [0.1, 0.15) is 122 Å². The van der Waals surface area contributed by atoms with Crippen LogP contribution >= 0.6 is 0 Å². The van der Waals surface area contributed by atoms with Crippen molar-refractivity contribution in [2.24, 2.45) is 5.34 Å². The van der Waals surface area contributed by atoms with Gasteiger partial charge in [-0.3, -0.25) is 4.79 Å². The second-order valence-electron chi connectivity index (χ2n) is 7.22. The van der Waals surface area contributed by atoms with Crippen LogP contribution in [0.15, 0.2) is 17.5 Å². The van der Waals surface area contributed by atoms with Crippen molar-refractivity contribution in [3.05, 3.63) is 17.1 Å². The predicted octanol–water partition coefficient (Wildman–Crippen LogP) is 7.81. The Morgan fingerprint density at radius 2 is 1.04 bits per heavy atom. The molecular formula is C22H43NO4. The number of rotatable bonds is 19. The zero-order chi connectivity index (χ0) is 20.4. The zero-order valence-corrected chi connectivity index (χ0v) is 17.5. The van der Waals surface area contributed by atoms with Crippen molar-refractivity contribution < 1.29 is 15.1 Å². The molecule has 0 aromatic rings. The second kappa shape index (κ2) is 26.8. The van der Waals surface area contributed by atoms with E-state index < -0.39 is 5.97 Å². The molecule has 0 atom stereocenters. The van der Waals surface area contributed by atoms with E-state index in [2.05, 4.69) is 19.1 Å². The highest BCUT2D eigenvalue weighted by Crippen LogP contribution is 2.11. The third kappa shape index (κ3) is 32.7. The van der Waals surface area contributed by atoms with Gasteiger partial charge in [0.05, 0.1) is 0 Å². The van der Waals surface area contributed by atoms with E-state index in [4.69, 9.17) is 15.2 Å². The normalized spacial score (nSPS) is 10.6. The summed E-state index contributed by atoms with van der Waals surface area (Å²) in [5.41, 5.74) is 0. The summed E-state index contributed by atoms with van der Waals surface area (Å²) in [7, 11) is 0. The summed E-state index contributed by atoms with van der Waals surface area (Å²) in [6.07, 6.45) is 27.1. The zero-order valence-electron chi connectivity index (χ0n) is 17.5. The minimum atomic E-state index is -0.659. The van der Waals surface area contributed by atoms with Gasteiger partial charge in [0.15, 0.2) is 5.34 Å². The van der Waals surface area contributed by atoms with Gasteiger partial charge in [0.1, 0.15) is 0 Å². The largest absolute Gasteiger partial charge is 0.481 e. The van der Waals surface area contributed by atoms with Crippen molar-refractivity contribution in [1.29, 1.82) is 0 Å². The van der Waals surface area contributed by atoms with Crippen LogP contribution in [-0.4, -0.2) is 16.3 Å². The minimum Gasteiger partial charge on any atom is -0.481 e. The molecule has 0 rings (SSSR count). The fourth-order valence-electron chi connectivity index (χ4n) is 3.05. The lowest BCUT2D eigenvalue weighted by Crippen LogP contribution is -1.93. The highest BCUT2D eigenvalue weighted by atomic mass is 16.6. The maximum Gasteiger partial charge on any atom is 0.303 e. The lowest BCUT2D eigenvalue weighted by Gasteiger charge is -2.00. The topological polar surface area (TPSA) is 87.0 Å². The Hall–Kier alpha value is -1.39. The third-order valence-corrected chi connectivity index (χ3v) is 4.65. The average Bonchev–Trinajstić information content (AvgIpc) is 2.64. The first-order chi connectivity index (χ1) is 13.2. The molecule has 5 heteroatoms. The van der Waals surface area contributed by atoms with E-state index in [1.54, 1.807) is 0 Å². The molecule has 0 aromatic heterocycles. The Balaban J connectivity index is 0. The van der Waals surface area contributed by atoms with Crippen LogP contribution < -0.4 is 0 Å². The SMILES string of the molecule is CCCCCCCCCC/C=C\CCCCCCCCCC(=O)O.O=NO. The van der Waals surface area contributed by atoms with Gasteiger partial charge >= 0.3 is 5.97 Å². The summed E-state index contributed by atoms with van der Waals surface area (Å²) >= 11 is 0. The molecule has 0 aromatic carbocycles. The van der Waals surface area contributed by atoms with Crippen LogP contribution in [-0.2, 0) is 4.79 Å². The standard InChI is InChI=1S/C22H42O2.HNO2/c1-2-3-4-5-6-7-8-9-10-11-12-13-14-15-16-17-18-19-20-21-22(23)24;2-1-3/h11-12H,2-10,13-21H2,1H3,(H,23,24);(H,2,3)/b12-11-;. The molecule has 0 aliphatic rings. The van der Waals surface area contributed by atoms with Crippen LogP contribution in [0, 0.1) is 4.91 Å². The minimum absolute atomic E-state index is 0.337. The van der Waals surface area contributed by atoms with Gasteiger partial charge in [0.2, 0.25) is 0 Å². The fraction of sp³-hybridized carbons (Fsp3) is 0.864. The Morgan fingerprint density at radius 3 is 1.41 bits per heavy atom. The number of nitrogens with zero attached hydrogens (tertiary/aromatic N) is 1. The maximum atomic E-state index is 10.4. The van der Waals surface area contributed by atoms with Gasteiger partial charge in [-0.1, -0.05) is 96.1 Å². The summed E-state index contributed by atoms with van der Waals surface area (Å²) in [5, 5.41) is 16.4. The van der Waals surface area contributed by atoms with Crippen molar-refractivity contribution in [3.8, 4) is 0 Å². The first kappa shape index (κ1) is 27.8. The molecule has 160 valence electrons. The lowest BCUT2D eigenvalue weighted by molar-refractivity contribution is -0.137. The monoisotopic (exact) mass is 385 g/mol. The van der Waals surface area contributed by atoms with Crippen LogP contribution in [0.3, 0.4) is 0 Å². The van der Waals surface area contributed by atoms with Gasteiger partial charge in [0, 0.05) is 6.42 Å². The number of carbonyl (C=O) groups is 1. The number of carboxylic acids is 1. The van der Waals surface area contributed by atoms with Crippen molar-refractivity contribution in [1.82, 2.24) is 0 Å². The third-order valence-electron chi connectivity index (χ3n) is 4.65. The molecule has 0 fully saturated rings. The highest BCUT2D eigenvalue weighted by Gasteiger charge is 1.96. The molecule has 0 radical (unpaired) electrons. The molecular weight excluding hydrogens is 342 g/mol. The van der Waals surface area contributed by atoms with E-state index in [9.17, 15) is 4.79 Å². The molecule has 0 bridgehead atoms. The molecule has 2 N–H and O–H groups in total. The lowest BCUT2D eigenvalue weighted by atomic mass is 10.1. The van der Waals surface area contributed by atoms with Crippen LogP contribution in [0.5, 0.6) is 0 Å². The summed E-state index contributed by atoms with van der Waals surface area (Å²) in [5.74, 6) is -0.659. The van der Waals surface area contributed by atoms with E-state index in [-0.39, 0.29) is 0 Å². The molecule has 0 aliphatic carbocycles. The van der Waals surface area contributed by atoms with Gasteiger partial charge < -0.3 is 10.3 Å². The average molecular weight is 386 g/mol. The molecule has 0 saturated carbocycles. The van der Waals surface area contributed by atoms with Crippen LogP contribution in [0.2, 0.25) is 0 Å². The Morgan fingerprint density at radius 1 is 0.704 bits per heavy atom. The van der Waals surface area contributed by atoms with Gasteiger partial charge in [-0.25, -0.2) is 0 Å². The van der Waals surface area contributed by atoms with Gasteiger partial charge in [-0.15, -0.1) is 4.91 Å². The van der Waals surface area contributed by atoms with Gasteiger partial charge in [-0.05, 0) is 32.1 Å². The summed E-state index contributed by atoms with van der Waals surface area (Å²) in [6, 6.07) is 0. The van der Waals surface area contributed by atoms with Crippen molar-refractivity contribution in [2.45, 2.75) is 122 Å². The molecule has 0 amide bonds. The summed E-state index contributed by atoms with van der Waals surface area (Å²) in [6.45, 7) is 2.28. The molecule has 0 unspecified atom stereocenters. The molecule has 0 aliphatic heterocycles. The molecule has 0 saturated heterocycles. The first-order valence-electron chi connectivity index (χ1n) is 11.0. The van der Waals surface area contributed by atoms with Crippen LogP contribution in [0.25, 0.3) is 0 Å². The Labute approximate surface area is 166 Å². The van der Waals surface area contributed by atoms with E-state index in [0.29, 0.717) is 6.42 Å². The van der Waals surface area contributed by atoms with Crippen LogP contribution in [0.4, 0.5) is 0 Å². The van der Waals surface area contributed by atoms with E-state index >= 15 is 0 Å². The number of carboxylic acid groups (broad SMARTS) is 1. The Bertz CT molecular complexity index is 332. The van der Waals surface area contributed by atoms with Crippen molar-refractivity contribution >= 4 is 5.97 Å². The number of aliphatic carboxylic acids is 1.